The number of rotatable bonds is 2. The molecule has 1 atom stereocenters. The van der Waals surface area contributed by atoms with E-state index in [-0.39, 0.29) is 12.0 Å². The highest BCUT2D eigenvalue weighted by Gasteiger charge is 2.30. The average molecular weight is 183 g/mol. The van der Waals surface area contributed by atoms with Crippen molar-refractivity contribution < 1.29 is 9.90 Å². The number of likely N-dealkylation sites (tertiary alicyclic amines) is 1. The molecule has 2 aliphatic rings. The molecule has 3 heteroatoms. The Morgan fingerprint density at radius 3 is 2.77 bits per heavy atom. The molecule has 74 valence electrons. The number of aliphatic hydroxyl groups is 1. The largest absolute Gasteiger partial charge is 0.390 e. The molecular formula is C10H17NO2. The van der Waals surface area contributed by atoms with Crippen molar-refractivity contribution in [3.05, 3.63) is 0 Å². The third kappa shape index (κ3) is 2.09. The smallest absolute Gasteiger partial charge is 0.137 e. The van der Waals surface area contributed by atoms with Crippen LogP contribution in [0, 0.1) is 5.92 Å². The van der Waals surface area contributed by atoms with E-state index in [1.165, 1.54) is 6.42 Å². The van der Waals surface area contributed by atoms with Gasteiger partial charge in [-0.2, -0.15) is 0 Å². The van der Waals surface area contributed by atoms with E-state index in [1.807, 2.05) is 0 Å². The van der Waals surface area contributed by atoms with Crippen LogP contribution in [0.3, 0.4) is 0 Å². The summed E-state index contributed by atoms with van der Waals surface area (Å²) in [6, 6.07) is 0. The Morgan fingerprint density at radius 1 is 1.38 bits per heavy atom. The number of hydrogen-bond acceptors (Lipinski definition) is 3. The number of Topliss-reactive ketones (excluding diaryl/α,β-unsaturated/α-hetero) is 1. The molecule has 1 unspecified atom stereocenters. The van der Waals surface area contributed by atoms with Gasteiger partial charge in [0.15, 0.2) is 0 Å². The van der Waals surface area contributed by atoms with E-state index in [0.29, 0.717) is 5.78 Å². The minimum atomic E-state index is -0.140. The lowest BCUT2D eigenvalue weighted by Gasteiger charge is -2.38. The third-order valence-corrected chi connectivity index (χ3v) is 3.10. The van der Waals surface area contributed by atoms with Crippen molar-refractivity contribution in [1.29, 1.82) is 0 Å². The molecular weight excluding hydrogens is 166 g/mol. The van der Waals surface area contributed by atoms with E-state index in [0.717, 1.165) is 38.9 Å². The second-order valence-corrected chi connectivity index (χ2v) is 4.28. The Hall–Kier alpha value is -0.410. The zero-order chi connectivity index (χ0) is 9.26. The molecule has 1 saturated heterocycles. The molecule has 0 bridgehead atoms. The first-order valence-corrected chi connectivity index (χ1v) is 5.19. The lowest BCUT2D eigenvalue weighted by molar-refractivity contribution is -0.126. The Labute approximate surface area is 78.7 Å². The van der Waals surface area contributed by atoms with E-state index in [9.17, 15) is 4.79 Å². The van der Waals surface area contributed by atoms with Crippen molar-refractivity contribution >= 4 is 5.78 Å². The number of β-amino-alcohol motifs (C(OH)–C–C–N with tert-alkyl or cyclic N) is 1. The van der Waals surface area contributed by atoms with Gasteiger partial charge in [0.2, 0.25) is 0 Å². The van der Waals surface area contributed by atoms with Gasteiger partial charge in [-0.1, -0.05) is 6.42 Å². The molecule has 1 saturated carbocycles. The summed E-state index contributed by atoms with van der Waals surface area (Å²) >= 11 is 0. The van der Waals surface area contributed by atoms with E-state index >= 15 is 0 Å². The third-order valence-electron chi connectivity index (χ3n) is 3.10. The molecule has 0 aromatic rings. The summed E-state index contributed by atoms with van der Waals surface area (Å²) in [6.45, 7) is 2.42. The van der Waals surface area contributed by atoms with Crippen molar-refractivity contribution in [3.63, 3.8) is 0 Å². The van der Waals surface area contributed by atoms with Crippen LogP contribution in [0.5, 0.6) is 0 Å². The lowest BCUT2D eigenvalue weighted by atomic mass is 9.87. The number of nitrogens with zero attached hydrogens (tertiary/aromatic N) is 1. The van der Waals surface area contributed by atoms with Crippen LogP contribution in [-0.2, 0) is 4.79 Å². The van der Waals surface area contributed by atoms with Crippen molar-refractivity contribution in [2.24, 2.45) is 5.92 Å². The first kappa shape index (κ1) is 9.16. The second kappa shape index (κ2) is 3.76. The van der Waals surface area contributed by atoms with Crippen LogP contribution in [0.4, 0.5) is 0 Å². The molecule has 3 nitrogen and oxygen atoms in total. The van der Waals surface area contributed by atoms with Crippen LogP contribution in [-0.4, -0.2) is 41.5 Å². The Kier molecular flexibility index (Phi) is 2.65. The molecule has 0 radical (unpaired) electrons. The SMILES string of the molecule is O=C1CCCCC1CN1CC(O)C1. The number of carbonyl (C=O) groups is 1. The maximum Gasteiger partial charge on any atom is 0.137 e. The Balaban J connectivity index is 1.76. The van der Waals surface area contributed by atoms with Gasteiger partial charge in [-0.05, 0) is 12.8 Å². The van der Waals surface area contributed by atoms with Gasteiger partial charge in [-0.3, -0.25) is 9.69 Å². The first-order valence-electron chi connectivity index (χ1n) is 5.19. The standard InChI is InChI=1S/C10H17NO2/c12-9-6-11(7-9)5-8-3-1-2-4-10(8)13/h8-9,12H,1-7H2. The van der Waals surface area contributed by atoms with Crippen molar-refractivity contribution in [3.8, 4) is 0 Å². The van der Waals surface area contributed by atoms with Crippen molar-refractivity contribution in [1.82, 2.24) is 4.90 Å². The molecule has 0 spiro atoms. The summed E-state index contributed by atoms with van der Waals surface area (Å²) in [5.41, 5.74) is 0. The van der Waals surface area contributed by atoms with Gasteiger partial charge in [0.25, 0.3) is 0 Å². The highest BCUT2D eigenvalue weighted by molar-refractivity contribution is 5.81. The molecule has 0 amide bonds. The molecule has 1 N–H and O–H groups in total. The zero-order valence-electron chi connectivity index (χ0n) is 7.91. The predicted octanol–water partition coefficient (Wildman–Crippen LogP) is 0.422. The summed E-state index contributed by atoms with van der Waals surface area (Å²) in [6.07, 6.45) is 3.98. The van der Waals surface area contributed by atoms with Crippen LogP contribution in [0.25, 0.3) is 0 Å². The van der Waals surface area contributed by atoms with Gasteiger partial charge in [-0.15, -0.1) is 0 Å². The zero-order valence-corrected chi connectivity index (χ0v) is 7.91. The summed E-state index contributed by atoms with van der Waals surface area (Å²) in [5, 5.41) is 9.09. The van der Waals surface area contributed by atoms with Gasteiger partial charge < -0.3 is 5.11 Å². The quantitative estimate of drug-likeness (QED) is 0.674. The summed E-state index contributed by atoms with van der Waals surface area (Å²) in [7, 11) is 0. The number of carbonyl (C=O) groups excluding carboxylic acids is 1. The molecule has 2 fully saturated rings. The van der Waals surface area contributed by atoms with Crippen LogP contribution in [0.1, 0.15) is 25.7 Å². The fourth-order valence-electron chi connectivity index (χ4n) is 2.25. The molecule has 1 aliphatic carbocycles. The van der Waals surface area contributed by atoms with E-state index < -0.39 is 0 Å². The second-order valence-electron chi connectivity index (χ2n) is 4.28. The van der Waals surface area contributed by atoms with Gasteiger partial charge >= 0.3 is 0 Å². The summed E-state index contributed by atoms with van der Waals surface area (Å²) < 4.78 is 0. The topological polar surface area (TPSA) is 40.5 Å². The van der Waals surface area contributed by atoms with Crippen LogP contribution >= 0.6 is 0 Å². The first-order chi connectivity index (χ1) is 6.25. The molecule has 2 rings (SSSR count). The van der Waals surface area contributed by atoms with Gasteiger partial charge in [-0.25, -0.2) is 0 Å². The highest BCUT2D eigenvalue weighted by Crippen LogP contribution is 2.23. The van der Waals surface area contributed by atoms with Crippen molar-refractivity contribution in [2.75, 3.05) is 19.6 Å². The number of ketones is 1. The van der Waals surface area contributed by atoms with Crippen LogP contribution in [0.15, 0.2) is 0 Å². The molecule has 13 heavy (non-hydrogen) atoms. The van der Waals surface area contributed by atoms with Gasteiger partial charge in [0.05, 0.1) is 6.10 Å². The minimum Gasteiger partial charge on any atom is -0.390 e. The average Bonchev–Trinajstić information content (AvgIpc) is 2.06. The summed E-state index contributed by atoms with van der Waals surface area (Å²) in [5.74, 6) is 0.703. The predicted molar refractivity (Wildman–Crippen MR) is 49.4 cm³/mol. The van der Waals surface area contributed by atoms with E-state index in [4.69, 9.17) is 5.11 Å². The Morgan fingerprint density at radius 2 is 2.15 bits per heavy atom. The molecule has 0 aromatic heterocycles. The van der Waals surface area contributed by atoms with Crippen molar-refractivity contribution in [2.45, 2.75) is 31.8 Å². The Bertz CT molecular complexity index is 199. The molecule has 0 aromatic carbocycles. The van der Waals surface area contributed by atoms with E-state index in [1.54, 1.807) is 0 Å². The highest BCUT2D eigenvalue weighted by atomic mass is 16.3. The van der Waals surface area contributed by atoms with Gasteiger partial charge in [0, 0.05) is 32.0 Å². The fraction of sp³-hybridized carbons (Fsp3) is 0.900. The van der Waals surface area contributed by atoms with Gasteiger partial charge in [0.1, 0.15) is 5.78 Å². The summed E-state index contributed by atoms with van der Waals surface area (Å²) in [4.78, 5) is 13.6. The fourth-order valence-corrected chi connectivity index (χ4v) is 2.25. The number of hydrogen-bond donors (Lipinski definition) is 1. The monoisotopic (exact) mass is 183 g/mol. The van der Waals surface area contributed by atoms with E-state index in [2.05, 4.69) is 4.90 Å². The van der Waals surface area contributed by atoms with Crippen LogP contribution < -0.4 is 0 Å². The molecule has 1 heterocycles. The van der Waals surface area contributed by atoms with Crippen LogP contribution in [0.2, 0.25) is 0 Å². The number of aliphatic hydroxyl groups excluding tert-OH is 1. The maximum atomic E-state index is 11.5. The molecule has 1 aliphatic heterocycles. The minimum absolute atomic E-state index is 0.140. The normalized spacial score (nSPS) is 31.8. The lowest BCUT2D eigenvalue weighted by Crippen LogP contribution is -2.53. The maximum absolute atomic E-state index is 11.5.